The summed E-state index contributed by atoms with van der Waals surface area (Å²) in [4.78, 5) is 11.9. The molecule has 20 heavy (non-hydrogen) atoms. The zero-order valence-corrected chi connectivity index (χ0v) is 12.2. The minimum atomic E-state index is 0.219. The van der Waals surface area contributed by atoms with Gasteiger partial charge in [0.25, 0.3) is 0 Å². The summed E-state index contributed by atoms with van der Waals surface area (Å²) in [5, 5.41) is 0. The molecule has 0 radical (unpaired) electrons. The standard InChI is InChI=1S/C16H20O4/c1-18-12-9-15(19-2)13(16(10-12)20-3)8-11-6-4-5-7-14(11)17/h6,9-10H,4-5,7-8H2,1-3H3. The van der Waals surface area contributed by atoms with E-state index in [0.717, 1.165) is 24.0 Å². The number of Topliss-reactive ketones (excluding diaryl/α,β-unsaturated/α-hetero) is 1. The molecule has 2 rings (SSSR count). The van der Waals surface area contributed by atoms with Gasteiger partial charge in [-0.3, -0.25) is 4.79 Å². The van der Waals surface area contributed by atoms with Gasteiger partial charge in [0.2, 0.25) is 0 Å². The number of benzene rings is 1. The summed E-state index contributed by atoms with van der Waals surface area (Å²) in [5.41, 5.74) is 1.73. The molecule has 1 aliphatic carbocycles. The molecule has 0 aliphatic heterocycles. The number of hydrogen-bond donors (Lipinski definition) is 0. The first-order chi connectivity index (χ1) is 9.69. The molecule has 1 aromatic carbocycles. The Hall–Kier alpha value is -1.97. The minimum absolute atomic E-state index is 0.219. The fourth-order valence-electron chi connectivity index (χ4n) is 2.43. The summed E-state index contributed by atoms with van der Waals surface area (Å²) in [7, 11) is 4.81. The second-order valence-corrected chi connectivity index (χ2v) is 4.73. The molecule has 4 nitrogen and oxygen atoms in total. The molecule has 0 fully saturated rings. The summed E-state index contributed by atoms with van der Waals surface area (Å²) < 4.78 is 16.0. The Morgan fingerprint density at radius 2 is 1.70 bits per heavy atom. The summed E-state index contributed by atoms with van der Waals surface area (Å²) in [6, 6.07) is 3.62. The first-order valence-electron chi connectivity index (χ1n) is 6.70. The minimum Gasteiger partial charge on any atom is -0.496 e. The van der Waals surface area contributed by atoms with E-state index < -0.39 is 0 Å². The van der Waals surface area contributed by atoms with Crippen molar-refractivity contribution in [3.8, 4) is 17.2 Å². The van der Waals surface area contributed by atoms with Gasteiger partial charge in [-0.25, -0.2) is 0 Å². The summed E-state index contributed by atoms with van der Waals surface area (Å²) >= 11 is 0. The molecule has 108 valence electrons. The number of carbonyl (C=O) groups excluding carboxylic acids is 1. The number of hydrogen-bond acceptors (Lipinski definition) is 4. The van der Waals surface area contributed by atoms with E-state index in [1.165, 1.54) is 0 Å². The van der Waals surface area contributed by atoms with Gasteiger partial charge in [-0.1, -0.05) is 6.08 Å². The predicted octanol–water partition coefficient (Wildman–Crippen LogP) is 2.93. The van der Waals surface area contributed by atoms with Crippen LogP contribution < -0.4 is 14.2 Å². The highest BCUT2D eigenvalue weighted by atomic mass is 16.5. The molecule has 1 aromatic rings. The van der Waals surface area contributed by atoms with Crippen LogP contribution in [0.1, 0.15) is 24.8 Å². The van der Waals surface area contributed by atoms with Crippen LogP contribution in [0.4, 0.5) is 0 Å². The average molecular weight is 276 g/mol. The van der Waals surface area contributed by atoms with Crippen molar-refractivity contribution in [1.82, 2.24) is 0 Å². The Morgan fingerprint density at radius 1 is 1.05 bits per heavy atom. The van der Waals surface area contributed by atoms with E-state index >= 15 is 0 Å². The van der Waals surface area contributed by atoms with Gasteiger partial charge in [0, 0.05) is 30.5 Å². The Bertz CT molecular complexity index is 506. The van der Waals surface area contributed by atoms with E-state index in [0.29, 0.717) is 30.1 Å². The van der Waals surface area contributed by atoms with Gasteiger partial charge >= 0.3 is 0 Å². The van der Waals surface area contributed by atoms with Crippen LogP contribution in [0.5, 0.6) is 17.2 Å². The highest BCUT2D eigenvalue weighted by Gasteiger charge is 2.19. The second-order valence-electron chi connectivity index (χ2n) is 4.73. The van der Waals surface area contributed by atoms with Crippen molar-refractivity contribution in [1.29, 1.82) is 0 Å². The van der Waals surface area contributed by atoms with E-state index in [-0.39, 0.29) is 5.78 Å². The van der Waals surface area contributed by atoms with E-state index in [4.69, 9.17) is 14.2 Å². The smallest absolute Gasteiger partial charge is 0.158 e. The Kier molecular flexibility index (Phi) is 4.66. The third-order valence-corrected chi connectivity index (χ3v) is 3.54. The van der Waals surface area contributed by atoms with Crippen LogP contribution in [0.15, 0.2) is 23.8 Å². The fraction of sp³-hybridized carbons (Fsp3) is 0.438. The second kappa shape index (κ2) is 6.46. The monoisotopic (exact) mass is 276 g/mol. The van der Waals surface area contributed by atoms with Crippen molar-refractivity contribution in [2.75, 3.05) is 21.3 Å². The topological polar surface area (TPSA) is 44.8 Å². The van der Waals surface area contributed by atoms with Crippen molar-refractivity contribution >= 4 is 5.78 Å². The molecule has 1 aliphatic rings. The zero-order chi connectivity index (χ0) is 14.5. The molecule has 0 saturated carbocycles. The molecule has 0 saturated heterocycles. The Balaban J connectivity index is 2.39. The molecule has 0 bridgehead atoms. The lowest BCUT2D eigenvalue weighted by molar-refractivity contribution is -0.116. The van der Waals surface area contributed by atoms with Crippen LogP contribution in [0.25, 0.3) is 0 Å². The van der Waals surface area contributed by atoms with Crippen molar-refractivity contribution in [3.63, 3.8) is 0 Å². The molecule has 0 atom stereocenters. The number of carbonyl (C=O) groups is 1. The summed E-state index contributed by atoms with van der Waals surface area (Å²) in [5.74, 6) is 2.25. The Morgan fingerprint density at radius 3 is 2.20 bits per heavy atom. The van der Waals surface area contributed by atoms with E-state index in [1.54, 1.807) is 21.3 Å². The largest absolute Gasteiger partial charge is 0.496 e. The Labute approximate surface area is 119 Å². The molecule has 4 heteroatoms. The zero-order valence-electron chi connectivity index (χ0n) is 12.2. The molecule has 0 unspecified atom stereocenters. The first-order valence-corrected chi connectivity index (χ1v) is 6.70. The number of rotatable bonds is 5. The van der Waals surface area contributed by atoms with Gasteiger partial charge in [0.1, 0.15) is 17.2 Å². The summed E-state index contributed by atoms with van der Waals surface area (Å²) in [6.07, 6.45) is 5.10. The number of allylic oxidation sites excluding steroid dienone is 2. The maximum absolute atomic E-state index is 11.9. The SMILES string of the molecule is COc1cc(OC)c(CC2=CCCCC2=O)c(OC)c1. The average Bonchev–Trinajstić information content (AvgIpc) is 2.49. The number of ketones is 1. The molecule has 0 heterocycles. The molecule has 0 N–H and O–H groups in total. The van der Waals surface area contributed by atoms with Crippen molar-refractivity contribution in [3.05, 3.63) is 29.3 Å². The van der Waals surface area contributed by atoms with Gasteiger partial charge < -0.3 is 14.2 Å². The lowest BCUT2D eigenvalue weighted by Gasteiger charge is -2.17. The van der Waals surface area contributed by atoms with Crippen LogP contribution >= 0.6 is 0 Å². The van der Waals surface area contributed by atoms with E-state index in [2.05, 4.69) is 0 Å². The van der Waals surface area contributed by atoms with E-state index in [9.17, 15) is 4.79 Å². The maximum Gasteiger partial charge on any atom is 0.158 e. The van der Waals surface area contributed by atoms with Crippen molar-refractivity contribution < 1.29 is 19.0 Å². The van der Waals surface area contributed by atoms with Crippen LogP contribution in [-0.2, 0) is 11.2 Å². The predicted molar refractivity (Wildman–Crippen MR) is 76.7 cm³/mol. The lowest BCUT2D eigenvalue weighted by Crippen LogP contribution is -2.10. The molecule has 0 aromatic heterocycles. The van der Waals surface area contributed by atoms with Gasteiger partial charge in [0.15, 0.2) is 5.78 Å². The van der Waals surface area contributed by atoms with Crippen LogP contribution in [-0.4, -0.2) is 27.1 Å². The third-order valence-electron chi connectivity index (χ3n) is 3.54. The normalized spacial score (nSPS) is 14.8. The molecular weight excluding hydrogens is 256 g/mol. The first kappa shape index (κ1) is 14.4. The fourth-order valence-corrected chi connectivity index (χ4v) is 2.43. The maximum atomic E-state index is 11.9. The molecular formula is C16H20O4. The van der Waals surface area contributed by atoms with Crippen molar-refractivity contribution in [2.45, 2.75) is 25.7 Å². The van der Waals surface area contributed by atoms with Crippen molar-refractivity contribution in [2.24, 2.45) is 0 Å². The van der Waals surface area contributed by atoms with Crippen LogP contribution in [0, 0.1) is 0 Å². The van der Waals surface area contributed by atoms with Crippen LogP contribution in [0.2, 0.25) is 0 Å². The quantitative estimate of drug-likeness (QED) is 0.829. The van der Waals surface area contributed by atoms with Crippen LogP contribution in [0.3, 0.4) is 0 Å². The number of ether oxygens (including phenoxy) is 3. The van der Waals surface area contributed by atoms with Gasteiger partial charge in [-0.2, -0.15) is 0 Å². The van der Waals surface area contributed by atoms with E-state index in [1.807, 2.05) is 18.2 Å². The third kappa shape index (κ3) is 2.95. The van der Waals surface area contributed by atoms with Gasteiger partial charge in [0.05, 0.1) is 21.3 Å². The highest BCUT2D eigenvalue weighted by Crippen LogP contribution is 2.36. The summed E-state index contributed by atoms with van der Waals surface area (Å²) in [6.45, 7) is 0. The highest BCUT2D eigenvalue weighted by molar-refractivity contribution is 5.96. The van der Waals surface area contributed by atoms with Gasteiger partial charge in [-0.15, -0.1) is 0 Å². The van der Waals surface area contributed by atoms with Gasteiger partial charge in [-0.05, 0) is 18.4 Å². The molecule has 0 spiro atoms. The lowest BCUT2D eigenvalue weighted by atomic mass is 9.92. The molecule has 0 amide bonds. The number of methoxy groups -OCH3 is 3.